The fourth-order valence-electron chi connectivity index (χ4n) is 5.19. The number of rotatable bonds is 4. The van der Waals surface area contributed by atoms with Gasteiger partial charge in [-0.05, 0) is 70.7 Å². The second-order valence-electron chi connectivity index (χ2n) is 10.2. The highest BCUT2D eigenvalue weighted by molar-refractivity contribution is 5.87. The third-order valence-corrected chi connectivity index (χ3v) is 7.32. The normalized spacial score (nSPS) is 18.0. The Kier molecular flexibility index (Phi) is 7.15. The summed E-state index contributed by atoms with van der Waals surface area (Å²) in [5, 5.41) is -0.100. The largest absolute Gasteiger partial charge is 0.458 e. The van der Waals surface area contributed by atoms with E-state index >= 15 is 8.78 Å². The Labute approximate surface area is 224 Å². The van der Waals surface area contributed by atoms with Gasteiger partial charge in [-0.25, -0.2) is 13.2 Å². The predicted molar refractivity (Wildman–Crippen MR) is 136 cm³/mol. The zero-order valence-corrected chi connectivity index (χ0v) is 21.1. The van der Waals surface area contributed by atoms with Gasteiger partial charge in [0.25, 0.3) is 0 Å². The highest BCUT2D eigenvalue weighted by Gasteiger charge is 2.35. The van der Waals surface area contributed by atoms with Crippen LogP contribution < -0.4 is 4.74 Å². The minimum Gasteiger partial charge on any atom is -0.429 e. The molecule has 0 aliphatic heterocycles. The maximum atomic E-state index is 15.1. The minimum absolute atomic E-state index is 0.426. The fraction of sp³-hybridized carbons (Fsp3) is 0.290. The van der Waals surface area contributed by atoms with Crippen LogP contribution in [0, 0.1) is 35.2 Å². The van der Waals surface area contributed by atoms with Crippen LogP contribution in [0.5, 0.6) is 5.75 Å². The van der Waals surface area contributed by atoms with Crippen LogP contribution in [-0.4, -0.2) is 6.18 Å². The molecule has 1 fully saturated rings. The molecule has 1 aliphatic carbocycles. The molecule has 5 rings (SSSR count). The van der Waals surface area contributed by atoms with Crippen molar-refractivity contribution < 1.29 is 39.9 Å². The summed E-state index contributed by atoms with van der Waals surface area (Å²) in [5.74, 6) is -2.20. The molecule has 9 heteroatoms. The topological polar surface area (TPSA) is 9.23 Å². The number of hydrogen-bond donors (Lipinski definition) is 0. The van der Waals surface area contributed by atoms with Crippen molar-refractivity contribution in [1.29, 1.82) is 0 Å². The maximum absolute atomic E-state index is 15.1. The zero-order chi connectivity index (χ0) is 28.8. The molecule has 0 radical (unpaired) electrons. The lowest BCUT2D eigenvalue weighted by Crippen LogP contribution is -2.22. The molecule has 1 nitrogen and oxygen atoms in total. The van der Waals surface area contributed by atoms with E-state index in [1.165, 1.54) is 18.1 Å². The van der Waals surface area contributed by atoms with Crippen molar-refractivity contribution in [2.75, 3.05) is 0 Å². The fourth-order valence-corrected chi connectivity index (χ4v) is 5.19. The minimum atomic E-state index is -5.03. The first-order valence-corrected chi connectivity index (χ1v) is 12.6. The highest BCUT2D eigenvalue weighted by atomic mass is 19.4. The van der Waals surface area contributed by atoms with Crippen LogP contribution >= 0.6 is 0 Å². The predicted octanol–water partition coefficient (Wildman–Crippen LogP) is 9.75. The van der Waals surface area contributed by atoms with Crippen molar-refractivity contribution in [1.82, 2.24) is 0 Å². The van der Waals surface area contributed by atoms with Crippen molar-refractivity contribution in [2.24, 2.45) is 5.92 Å². The Morgan fingerprint density at radius 3 is 2.12 bits per heavy atom. The number of alkyl halides is 5. The van der Waals surface area contributed by atoms with Gasteiger partial charge >= 0.3 is 12.3 Å². The Morgan fingerprint density at radius 1 is 0.750 bits per heavy atom. The van der Waals surface area contributed by atoms with Gasteiger partial charge in [-0.1, -0.05) is 50.0 Å². The molecule has 0 amide bonds. The monoisotopic (exact) mass is 562 g/mol. The Bertz CT molecular complexity index is 1650. The lowest BCUT2D eigenvalue weighted by molar-refractivity contribution is -0.185. The van der Waals surface area contributed by atoms with E-state index in [1.807, 2.05) is 12.1 Å². The van der Waals surface area contributed by atoms with E-state index in [1.54, 1.807) is 12.1 Å². The van der Waals surface area contributed by atoms with Crippen molar-refractivity contribution in [3.8, 4) is 17.6 Å². The van der Waals surface area contributed by atoms with E-state index in [4.69, 9.17) is 4.74 Å². The number of ether oxygens (including phenoxy) is 1. The van der Waals surface area contributed by atoms with Crippen LogP contribution in [0.1, 0.15) is 55.2 Å². The molecule has 4 aromatic carbocycles. The molecular weight excluding hydrogens is 540 g/mol. The van der Waals surface area contributed by atoms with Gasteiger partial charge in [0.05, 0.1) is 16.5 Å². The molecule has 0 saturated heterocycles. The average Bonchev–Trinajstić information content (AvgIpc) is 2.87. The Morgan fingerprint density at radius 2 is 1.43 bits per heavy atom. The summed E-state index contributed by atoms with van der Waals surface area (Å²) >= 11 is 0. The van der Waals surface area contributed by atoms with Crippen molar-refractivity contribution in [3.63, 3.8) is 0 Å². The van der Waals surface area contributed by atoms with Gasteiger partial charge in [-0.3, -0.25) is 0 Å². The molecule has 0 N–H and O–H groups in total. The van der Waals surface area contributed by atoms with E-state index in [0.29, 0.717) is 29.4 Å². The third-order valence-electron chi connectivity index (χ3n) is 7.32. The molecule has 40 heavy (non-hydrogen) atoms. The van der Waals surface area contributed by atoms with Crippen molar-refractivity contribution in [2.45, 2.75) is 50.8 Å². The van der Waals surface area contributed by atoms with Gasteiger partial charge in [0.1, 0.15) is 17.4 Å². The summed E-state index contributed by atoms with van der Waals surface area (Å²) in [6.07, 6.45) is -4.53. The van der Waals surface area contributed by atoms with Crippen LogP contribution in [-0.2, 0) is 6.11 Å². The lowest BCUT2D eigenvalue weighted by atomic mass is 9.79. The van der Waals surface area contributed by atoms with Gasteiger partial charge < -0.3 is 4.74 Å². The SMILES string of the molecule is CC1CCC(c2ccc3cc(C(F)(F)Oc4cc(F)c5c(F)c(C#CC(F)(F)F)c(F)cc5c4)ccc3c2)CC1. The van der Waals surface area contributed by atoms with Crippen LogP contribution in [0.3, 0.4) is 0 Å². The molecule has 0 unspecified atom stereocenters. The second-order valence-corrected chi connectivity index (χ2v) is 10.2. The summed E-state index contributed by atoms with van der Waals surface area (Å²) in [5.41, 5.74) is -0.649. The smallest absolute Gasteiger partial charge is 0.429 e. The lowest BCUT2D eigenvalue weighted by Gasteiger charge is -2.26. The molecule has 0 heterocycles. The third kappa shape index (κ3) is 5.72. The first kappa shape index (κ1) is 27.8. The van der Waals surface area contributed by atoms with E-state index in [2.05, 4.69) is 6.92 Å². The molecule has 0 atom stereocenters. The summed E-state index contributed by atoms with van der Waals surface area (Å²) in [7, 11) is 0. The Balaban J connectivity index is 1.43. The molecule has 4 aromatic rings. The van der Waals surface area contributed by atoms with E-state index < -0.39 is 57.4 Å². The van der Waals surface area contributed by atoms with Gasteiger partial charge in [0, 0.05) is 12.0 Å². The average molecular weight is 562 g/mol. The number of halogens is 8. The van der Waals surface area contributed by atoms with Crippen molar-refractivity contribution >= 4 is 21.5 Å². The summed E-state index contributed by atoms with van der Waals surface area (Å²) in [6.45, 7) is 2.23. The molecular formula is C31H22F8O. The molecule has 1 aliphatic rings. The van der Waals surface area contributed by atoms with Gasteiger partial charge in [-0.15, -0.1) is 0 Å². The molecule has 0 bridgehead atoms. The van der Waals surface area contributed by atoms with Gasteiger partial charge in [-0.2, -0.15) is 22.0 Å². The van der Waals surface area contributed by atoms with Crippen LogP contribution in [0.4, 0.5) is 35.1 Å². The number of fused-ring (bicyclic) bond motifs is 2. The van der Waals surface area contributed by atoms with E-state index in [-0.39, 0.29) is 0 Å². The van der Waals surface area contributed by atoms with Crippen LogP contribution in [0.15, 0.2) is 54.6 Å². The first-order valence-electron chi connectivity index (χ1n) is 12.6. The number of benzene rings is 4. The van der Waals surface area contributed by atoms with E-state index in [0.717, 1.165) is 48.6 Å². The second kappa shape index (κ2) is 10.3. The number of hydrogen-bond acceptors (Lipinski definition) is 1. The highest BCUT2D eigenvalue weighted by Crippen LogP contribution is 2.39. The molecule has 1 saturated carbocycles. The van der Waals surface area contributed by atoms with Gasteiger partial charge in [0.2, 0.25) is 0 Å². The summed E-state index contributed by atoms with van der Waals surface area (Å²) in [6, 6.07) is 11.4. The standard InChI is InChI=1S/C31H22F8O/c1-17-2-4-18(5-3-17)19-6-7-21-13-23(9-8-20(21)12-19)31(38,39)40-24-14-22-15-26(32)25(10-11-30(35,36)37)29(34)28(22)27(33)16-24/h6-9,12-18H,2-5H2,1H3. The molecule has 0 aromatic heterocycles. The summed E-state index contributed by atoms with van der Waals surface area (Å²) in [4.78, 5) is 0. The van der Waals surface area contributed by atoms with Crippen molar-refractivity contribution in [3.05, 3.63) is 88.7 Å². The van der Waals surface area contributed by atoms with Gasteiger partial charge in [0.15, 0.2) is 5.82 Å². The van der Waals surface area contributed by atoms with E-state index in [9.17, 15) is 26.3 Å². The maximum Gasteiger partial charge on any atom is 0.458 e. The molecule has 208 valence electrons. The first-order chi connectivity index (χ1) is 18.8. The van der Waals surface area contributed by atoms with Crippen LogP contribution in [0.2, 0.25) is 0 Å². The summed E-state index contributed by atoms with van der Waals surface area (Å²) < 4.78 is 116. The quantitative estimate of drug-likeness (QED) is 0.178. The Hall–Kier alpha value is -3.80. The van der Waals surface area contributed by atoms with Crippen LogP contribution in [0.25, 0.3) is 21.5 Å². The zero-order valence-electron chi connectivity index (χ0n) is 21.1. The molecule has 0 spiro atoms.